The van der Waals surface area contributed by atoms with Crippen LogP contribution in [-0.2, 0) is 5.92 Å². The van der Waals surface area contributed by atoms with Crippen molar-refractivity contribution in [2.75, 3.05) is 0 Å². The van der Waals surface area contributed by atoms with Crippen LogP contribution in [0.2, 0.25) is 4.34 Å². The summed E-state index contributed by atoms with van der Waals surface area (Å²) < 4.78 is 27.4. The lowest BCUT2D eigenvalue weighted by Gasteiger charge is -2.29. The first kappa shape index (κ1) is 10.9. The van der Waals surface area contributed by atoms with Gasteiger partial charge in [0.2, 0.25) is 0 Å². The van der Waals surface area contributed by atoms with Gasteiger partial charge in [0.05, 0.1) is 14.8 Å². The molecule has 0 radical (unpaired) electrons. The Bertz CT molecular complexity index is 303. The highest BCUT2D eigenvalue weighted by molar-refractivity contribution is 7.16. The van der Waals surface area contributed by atoms with E-state index in [-0.39, 0.29) is 4.88 Å². The summed E-state index contributed by atoms with van der Waals surface area (Å²) in [4.78, 5) is -0.0926. The van der Waals surface area contributed by atoms with Gasteiger partial charge in [0.1, 0.15) is 0 Å². The van der Waals surface area contributed by atoms with Crippen LogP contribution in [0.3, 0.4) is 0 Å². The fraction of sp³-hybridized carbons (Fsp3) is 0.500. The first-order valence-electron chi connectivity index (χ1n) is 3.67. The SMILES string of the molecule is CC(C)(N)C(F)(F)c1ccc(Cl)s1. The van der Waals surface area contributed by atoms with E-state index in [9.17, 15) is 8.78 Å². The van der Waals surface area contributed by atoms with Crippen LogP contribution in [0.15, 0.2) is 12.1 Å². The quantitative estimate of drug-likeness (QED) is 0.822. The summed E-state index contributed by atoms with van der Waals surface area (Å²) in [6, 6.07) is 2.75. The van der Waals surface area contributed by atoms with Crippen LogP contribution < -0.4 is 5.73 Å². The average molecular weight is 226 g/mol. The molecule has 0 spiro atoms. The van der Waals surface area contributed by atoms with E-state index in [1.807, 2.05) is 0 Å². The van der Waals surface area contributed by atoms with Crippen molar-refractivity contribution < 1.29 is 8.78 Å². The molecule has 1 aromatic heterocycles. The molecule has 0 aliphatic rings. The van der Waals surface area contributed by atoms with Gasteiger partial charge in [-0.3, -0.25) is 0 Å². The van der Waals surface area contributed by atoms with Crippen molar-refractivity contribution in [1.82, 2.24) is 0 Å². The fourth-order valence-electron chi connectivity index (χ4n) is 0.801. The second kappa shape index (κ2) is 3.19. The van der Waals surface area contributed by atoms with Crippen LogP contribution >= 0.6 is 22.9 Å². The lowest BCUT2D eigenvalue weighted by atomic mass is 9.96. The summed E-state index contributed by atoms with van der Waals surface area (Å²) in [5.41, 5.74) is 3.80. The maximum Gasteiger partial charge on any atom is 0.299 e. The molecule has 5 heteroatoms. The summed E-state index contributed by atoms with van der Waals surface area (Å²) in [5.74, 6) is -3.04. The lowest BCUT2D eigenvalue weighted by Crippen LogP contribution is -2.48. The van der Waals surface area contributed by atoms with Gasteiger partial charge in [-0.1, -0.05) is 11.6 Å². The van der Waals surface area contributed by atoms with Gasteiger partial charge in [0.15, 0.2) is 0 Å². The summed E-state index contributed by atoms with van der Waals surface area (Å²) in [7, 11) is 0. The van der Waals surface area contributed by atoms with Crippen LogP contribution in [0.4, 0.5) is 8.78 Å². The number of alkyl halides is 2. The minimum absolute atomic E-state index is 0.0926. The van der Waals surface area contributed by atoms with Gasteiger partial charge in [-0.05, 0) is 26.0 Å². The Kier molecular flexibility index (Phi) is 2.67. The Morgan fingerprint density at radius 2 is 1.92 bits per heavy atom. The van der Waals surface area contributed by atoms with Gasteiger partial charge in [0, 0.05) is 0 Å². The van der Waals surface area contributed by atoms with Gasteiger partial charge < -0.3 is 5.73 Å². The molecule has 1 aromatic rings. The molecule has 0 saturated carbocycles. The Hall–Kier alpha value is -0.190. The number of hydrogen-bond acceptors (Lipinski definition) is 2. The predicted octanol–water partition coefficient (Wildman–Crippen LogP) is 3.23. The summed E-state index contributed by atoms with van der Waals surface area (Å²) >= 11 is 6.42. The van der Waals surface area contributed by atoms with Crippen LogP contribution in [-0.4, -0.2) is 5.54 Å². The summed E-state index contributed by atoms with van der Waals surface area (Å²) in [6.07, 6.45) is 0. The molecule has 1 nitrogen and oxygen atoms in total. The zero-order chi connectivity index (χ0) is 10.3. The molecule has 1 heterocycles. The first-order valence-corrected chi connectivity index (χ1v) is 4.87. The molecule has 0 amide bonds. The van der Waals surface area contributed by atoms with Crippen molar-refractivity contribution in [3.63, 3.8) is 0 Å². The highest BCUT2D eigenvalue weighted by Gasteiger charge is 2.46. The third-order valence-electron chi connectivity index (χ3n) is 1.69. The first-order chi connectivity index (χ1) is 5.75. The van der Waals surface area contributed by atoms with E-state index in [0.29, 0.717) is 4.34 Å². The Morgan fingerprint density at radius 3 is 2.23 bits per heavy atom. The van der Waals surface area contributed by atoms with Crippen LogP contribution in [0.1, 0.15) is 18.7 Å². The minimum atomic E-state index is -3.04. The van der Waals surface area contributed by atoms with Crippen LogP contribution in [0.5, 0.6) is 0 Å². The Balaban J connectivity index is 3.07. The molecule has 0 saturated heterocycles. The molecule has 13 heavy (non-hydrogen) atoms. The molecule has 74 valence electrons. The van der Waals surface area contributed by atoms with Crippen molar-refractivity contribution >= 4 is 22.9 Å². The molecule has 0 aliphatic carbocycles. The van der Waals surface area contributed by atoms with E-state index >= 15 is 0 Å². The Labute approximate surface area is 84.5 Å². The van der Waals surface area contributed by atoms with E-state index in [0.717, 1.165) is 11.3 Å². The van der Waals surface area contributed by atoms with Crippen molar-refractivity contribution in [1.29, 1.82) is 0 Å². The lowest BCUT2D eigenvalue weighted by molar-refractivity contribution is -0.0638. The van der Waals surface area contributed by atoms with E-state index in [1.165, 1.54) is 26.0 Å². The molecule has 0 bridgehead atoms. The second-order valence-electron chi connectivity index (χ2n) is 3.40. The zero-order valence-electron chi connectivity index (χ0n) is 7.27. The maximum absolute atomic E-state index is 13.5. The number of halogens is 3. The monoisotopic (exact) mass is 225 g/mol. The molecule has 1 rings (SSSR count). The maximum atomic E-state index is 13.5. The largest absolute Gasteiger partial charge is 0.320 e. The Morgan fingerprint density at radius 1 is 1.38 bits per heavy atom. The van der Waals surface area contributed by atoms with Crippen LogP contribution in [0.25, 0.3) is 0 Å². The fourth-order valence-corrected chi connectivity index (χ4v) is 1.99. The third-order valence-corrected chi connectivity index (χ3v) is 2.99. The predicted molar refractivity (Wildman–Crippen MR) is 51.5 cm³/mol. The molecule has 0 fully saturated rings. The summed E-state index contributed by atoms with van der Waals surface area (Å²) in [5, 5.41) is 0. The minimum Gasteiger partial charge on any atom is -0.320 e. The normalized spacial score (nSPS) is 13.4. The zero-order valence-corrected chi connectivity index (χ0v) is 8.85. The van der Waals surface area contributed by atoms with Gasteiger partial charge in [-0.2, -0.15) is 8.78 Å². The van der Waals surface area contributed by atoms with E-state index in [4.69, 9.17) is 17.3 Å². The van der Waals surface area contributed by atoms with Gasteiger partial charge in [-0.25, -0.2) is 0 Å². The molecular formula is C8H10ClF2NS. The van der Waals surface area contributed by atoms with Crippen molar-refractivity contribution in [3.05, 3.63) is 21.3 Å². The van der Waals surface area contributed by atoms with Gasteiger partial charge >= 0.3 is 0 Å². The second-order valence-corrected chi connectivity index (χ2v) is 5.11. The molecule has 0 aliphatic heterocycles. The molecule has 0 aromatic carbocycles. The van der Waals surface area contributed by atoms with Gasteiger partial charge in [-0.15, -0.1) is 11.3 Å². The van der Waals surface area contributed by atoms with Crippen molar-refractivity contribution in [2.24, 2.45) is 5.73 Å². The topological polar surface area (TPSA) is 26.0 Å². The standard InChI is InChI=1S/C8H10ClF2NS/c1-7(2,12)8(10,11)5-3-4-6(9)13-5/h3-4H,12H2,1-2H3. The van der Waals surface area contributed by atoms with Crippen molar-refractivity contribution in [2.45, 2.75) is 25.3 Å². The highest BCUT2D eigenvalue weighted by Crippen LogP contribution is 2.41. The van der Waals surface area contributed by atoms with Crippen molar-refractivity contribution in [3.8, 4) is 0 Å². The average Bonchev–Trinajstić information content (AvgIpc) is 2.33. The van der Waals surface area contributed by atoms with E-state index in [1.54, 1.807) is 0 Å². The van der Waals surface area contributed by atoms with Gasteiger partial charge in [0.25, 0.3) is 5.92 Å². The number of hydrogen-bond donors (Lipinski definition) is 1. The van der Waals surface area contributed by atoms with Crippen LogP contribution in [0, 0.1) is 0 Å². The number of thiophene rings is 1. The molecule has 0 unspecified atom stereocenters. The molecular weight excluding hydrogens is 216 g/mol. The van der Waals surface area contributed by atoms with E-state index in [2.05, 4.69) is 0 Å². The van der Waals surface area contributed by atoms with E-state index < -0.39 is 11.5 Å². The number of nitrogens with two attached hydrogens (primary N) is 1. The highest BCUT2D eigenvalue weighted by atomic mass is 35.5. The summed E-state index contributed by atoms with van der Waals surface area (Å²) in [6.45, 7) is 2.58. The molecule has 2 N–H and O–H groups in total. The molecule has 0 atom stereocenters. The smallest absolute Gasteiger partial charge is 0.299 e. The number of rotatable bonds is 2. The third kappa shape index (κ3) is 2.00.